The van der Waals surface area contributed by atoms with Crippen molar-refractivity contribution < 1.29 is 23.8 Å². The van der Waals surface area contributed by atoms with Gasteiger partial charge in [-0.15, -0.1) is 0 Å². The number of halogens is 1. The number of benzene rings is 3. The predicted octanol–water partition coefficient (Wildman–Crippen LogP) is 7.47. The lowest BCUT2D eigenvalue weighted by atomic mass is 9.79. The summed E-state index contributed by atoms with van der Waals surface area (Å²) in [4.78, 5) is 10.9. The molecule has 4 nitrogen and oxygen atoms in total. The van der Waals surface area contributed by atoms with Gasteiger partial charge in [0.1, 0.15) is 23.9 Å². The molecular weight excluding hydrogens is 443 g/mol. The maximum atomic E-state index is 14.9. The third-order valence-electron chi connectivity index (χ3n) is 6.16. The van der Waals surface area contributed by atoms with E-state index in [-0.39, 0.29) is 17.7 Å². The topological polar surface area (TPSA) is 55.8 Å². The van der Waals surface area contributed by atoms with Crippen molar-refractivity contribution in [1.29, 1.82) is 0 Å². The molecule has 0 atom stereocenters. The zero-order chi connectivity index (χ0) is 25.4. The lowest BCUT2D eigenvalue weighted by Gasteiger charge is -2.26. The molecule has 186 valence electrons. The largest absolute Gasteiger partial charge is 0.497 e. The van der Waals surface area contributed by atoms with Gasteiger partial charge >= 0.3 is 5.97 Å². The van der Waals surface area contributed by atoms with E-state index in [0.29, 0.717) is 30.1 Å². The minimum absolute atomic E-state index is 0.0663. The molecule has 0 saturated heterocycles. The molecule has 0 radical (unpaired) electrons. The van der Waals surface area contributed by atoms with E-state index < -0.39 is 5.97 Å². The van der Waals surface area contributed by atoms with E-state index in [1.807, 2.05) is 36.4 Å². The molecule has 0 amide bonds. The van der Waals surface area contributed by atoms with Gasteiger partial charge < -0.3 is 14.6 Å². The standard InChI is InChI=1S/C30H35FO4/c1-5-15-30(2,3)19-23-16-22(9-12-26(23)27-18-24(34-4)11-13-28(27)31)20-35-25-8-6-7-21(17-25)10-14-29(32)33/h6-9,11-13,16-18H,5,10,14-15,19-20H2,1-4H3,(H,32,33). The average molecular weight is 479 g/mol. The molecule has 0 aromatic heterocycles. The van der Waals surface area contributed by atoms with Crippen LogP contribution in [-0.4, -0.2) is 18.2 Å². The second kappa shape index (κ2) is 11.9. The number of rotatable bonds is 12. The Morgan fingerprint density at radius 2 is 1.77 bits per heavy atom. The highest BCUT2D eigenvalue weighted by Gasteiger charge is 2.21. The first-order valence-electron chi connectivity index (χ1n) is 12.1. The summed E-state index contributed by atoms with van der Waals surface area (Å²) in [5, 5.41) is 8.93. The van der Waals surface area contributed by atoms with Gasteiger partial charge in [-0.25, -0.2) is 4.39 Å². The normalized spacial score (nSPS) is 11.3. The lowest BCUT2D eigenvalue weighted by Crippen LogP contribution is -2.15. The molecule has 0 aliphatic rings. The average Bonchev–Trinajstić information content (AvgIpc) is 2.82. The molecule has 35 heavy (non-hydrogen) atoms. The summed E-state index contributed by atoms with van der Waals surface area (Å²) >= 11 is 0. The van der Waals surface area contributed by atoms with Crippen molar-refractivity contribution in [2.45, 2.75) is 59.5 Å². The number of ether oxygens (including phenoxy) is 2. The van der Waals surface area contributed by atoms with Crippen LogP contribution in [0.3, 0.4) is 0 Å². The molecule has 0 unspecified atom stereocenters. The molecule has 0 spiro atoms. The molecule has 3 aromatic rings. The van der Waals surface area contributed by atoms with Crippen LogP contribution in [0.2, 0.25) is 0 Å². The molecular formula is C30H35FO4. The number of aryl methyl sites for hydroxylation is 1. The second-order valence-corrected chi connectivity index (χ2v) is 9.76. The molecule has 0 heterocycles. The Kier molecular flexibility index (Phi) is 8.91. The molecule has 3 rings (SSSR count). The van der Waals surface area contributed by atoms with Crippen LogP contribution in [0.25, 0.3) is 11.1 Å². The van der Waals surface area contributed by atoms with Gasteiger partial charge in [-0.1, -0.05) is 57.5 Å². The lowest BCUT2D eigenvalue weighted by molar-refractivity contribution is -0.136. The van der Waals surface area contributed by atoms with Crippen LogP contribution >= 0.6 is 0 Å². The van der Waals surface area contributed by atoms with Crippen molar-refractivity contribution in [3.05, 3.63) is 83.2 Å². The van der Waals surface area contributed by atoms with Gasteiger partial charge in [0, 0.05) is 12.0 Å². The van der Waals surface area contributed by atoms with Crippen molar-refractivity contribution in [2.24, 2.45) is 5.41 Å². The van der Waals surface area contributed by atoms with Gasteiger partial charge in [-0.2, -0.15) is 0 Å². The quantitative estimate of drug-likeness (QED) is 0.293. The summed E-state index contributed by atoms with van der Waals surface area (Å²) in [6, 6.07) is 18.4. The maximum Gasteiger partial charge on any atom is 0.303 e. The molecule has 0 bridgehead atoms. The highest BCUT2D eigenvalue weighted by atomic mass is 19.1. The van der Waals surface area contributed by atoms with Crippen molar-refractivity contribution in [3.63, 3.8) is 0 Å². The molecule has 0 fully saturated rings. The Bertz CT molecular complexity index is 1150. The Labute approximate surface area is 207 Å². The first kappa shape index (κ1) is 26.3. The van der Waals surface area contributed by atoms with E-state index in [1.165, 1.54) is 6.07 Å². The van der Waals surface area contributed by atoms with E-state index in [0.717, 1.165) is 41.5 Å². The van der Waals surface area contributed by atoms with Gasteiger partial charge in [0.05, 0.1) is 7.11 Å². The summed E-state index contributed by atoms with van der Waals surface area (Å²) in [6.45, 7) is 7.03. The molecule has 0 saturated carbocycles. The first-order valence-corrected chi connectivity index (χ1v) is 12.1. The summed E-state index contributed by atoms with van der Waals surface area (Å²) in [5.41, 5.74) is 4.46. The van der Waals surface area contributed by atoms with Gasteiger partial charge in [0.25, 0.3) is 0 Å². The van der Waals surface area contributed by atoms with Crippen LogP contribution < -0.4 is 9.47 Å². The van der Waals surface area contributed by atoms with Gasteiger partial charge in [0.15, 0.2) is 0 Å². The second-order valence-electron chi connectivity index (χ2n) is 9.76. The van der Waals surface area contributed by atoms with Crippen LogP contribution in [-0.2, 0) is 24.2 Å². The minimum atomic E-state index is -0.817. The number of hydrogen-bond donors (Lipinski definition) is 1. The molecule has 0 aliphatic heterocycles. The molecule has 1 N–H and O–H groups in total. The summed E-state index contributed by atoms with van der Waals surface area (Å²) in [6.07, 6.45) is 3.51. The highest BCUT2D eigenvalue weighted by Crippen LogP contribution is 2.36. The van der Waals surface area contributed by atoms with Crippen LogP contribution in [0, 0.1) is 11.2 Å². The number of carboxylic acid groups (broad SMARTS) is 1. The van der Waals surface area contributed by atoms with Gasteiger partial charge in [-0.3, -0.25) is 4.79 Å². The Morgan fingerprint density at radius 1 is 0.971 bits per heavy atom. The first-order chi connectivity index (χ1) is 16.7. The Balaban J connectivity index is 1.88. The van der Waals surface area contributed by atoms with Crippen molar-refractivity contribution in [3.8, 4) is 22.6 Å². The number of carbonyl (C=O) groups is 1. The third-order valence-corrected chi connectivity index (χ3v) is 6.16. The minimum Gasteiger partial charge on any atom is -0.497 e. The maximum absolute atomic E-state index is 14.9. The Hall–Kier alpha value is -3.34. The fourth-order valence-corrected chi connectivity index (χ4v) is 4.47. The molecule has 5 heteroatoms. The van der Waals surface area contributed by atoms with E-state index in [9.17, 15) is 9.18 Å². The van der Waals surface area contributed by atoms with Gasteiger partial charge in [-0.05, 0) is 77.3 Å². The zero-order valence-electron chi connectivity index (χ0n) is 21.1. The smallest absolute Gasteiger partial charge is 0.303 e. The number of carboxylic acids is 1. The van der Waals surface area contributed by atoms with E-state index >= 15 is 0 Å². The predicted molar refractivity (Wildman–Crippen MR) is 138 cm³/mol. The summed E-state index contributed by atoms with van der Waals surface area (Å²) in [5.74, 6) is 0.226. The van der Waals surface area contributed by atoms with Crippen LogP contribution in [0.4, 0.5) is 4.39 Å². The number of hydrogen-bond acceptors (Lipinski definition) is 3. The fourth-order valence-electron chi connectivity index (χ4n) is 4.47. The summed E-state index contributed by atoms with van der Waals surface area (Å²) < 4.78 is 26.2. The highest BCUT2D eigenvalue weighted by molar-refractivity contribution is 5.70. The van der Waals surface area contributed by atoms with Crippen molar-refractivity contribution >= 4 is 5.97 Å². The van der Waals surface area contributed by atoms with Gasteiger partial charge in [0.2, 0.25) is 0 Å². The third kappa shape index (κ3) is 7.57. The molecule has 3 aromatic carbocycles. The fraction of sp³-hybridized carbons (Fsp3) is 0.367. The Morgan fingerprint density at radius 3 is 2.49 bits per heavy atom. The van der Waals surface area contributed by atoms with E-state index in [1.54, 1.807) is 19.2 Å². The van der Waals surface area contributed by atoms with E-state index in [2.05, 4.69) is 26.8 Å². The number of methoxy groups -OCH3 is 1. The summed E-state index contributed by atoms with van der Waals surface area (Å²) in [7, 11) is 1.58. The van der Waals surface area contributed by atoms with Crippen LogP contribution in [0.1, 0.15) is 56.7 Å². The van der Waals surface area contributed by atoms with E-state index in [4.69, 9.17) is 14.6 Å². The number of aliphatic carboxylic acids is 1. The van der Waals surface area contributed by atoms with Crippen molar-refractivity contribution in [2.75, 3.05) is 7.11 Å². The SMILES string of the molecule is CCCC(C)(C)Cc1cc(COc2cccc(CCC(=O)O)c2)ccc1-c1cc(OC)ccc1F. The zero-order valence-corrected chi connectivity index (χ0v) is 21.1. The van der Waals surface area contributed by atoms with Crippen molar-refractivity contribution in [1.82, 2.24) is 0 Å². The van der Waals surface area contributed by atoms with Crippen LogP contribution in [0.5, 0.6) is 11.5 Å². The monoisotopic (exact) mass is 478 g/mol. The molecule has 0 aliphatic carbocycles. The van der Waals surface area contributed by atoms with Crippen LogP contribution in [0.15, 0.2) is 60.7 Å².